The molecule has 7 nitrogen and oxygen atoms in total. The summed E-state index contributed by atoms with van der Waals surface area (Å²) in [7, 11) is 0. The molecule has 4 rings (SSSR count). The maximum Gasteiger partial charge on any atom is 0.278 e. The third kappa shape index (κ3) is 4.27. The summed E-state index contributed by atoms with van der Waals surface area (Å²) in [5, 5.41) is 5.88. The highest BCUT2D eigenvalue weighted by atomic mass is 16.2. The van der Waals surface area contributed by atoms with Crippen molar-refractivity contribution in [3.8, 4) is 0 Å². The maximum absolute atomic E-state index is 13.4. The Balaban J connectivity index is 1.73. The zero-order chi connectivity index (χ0) is 22.7. The summed E-state index contributed by atoms with van der Waals surface area (Å²) in [6.07, 6.45) is 1.63. The van der Waals surface area contributed by atoms with E-state index >= 15 is 0 Å². The summed E-state index contributed by atoms with van der Waals surface area (Å²) in [5.74, 6) is -0.999. The summed E-state index contributed by atoms with van der Waals surface area (Å²) in [5.41, 5.74) is 4.00. The van der Waals surface area contributed by atoms with Crippen molar-refractivity contribution in [3.63, 3.8) is 0 Å². The van der Waals surface area contributed by atoms with Gasteiger partial charge in [0.1, 0.15) is 5.70 Å². The van der Waals surface area contributed by atoms with Crippen LogP contribution in [0.15, 0.2) is 78.6 Å². The molecule has 0 saturated heterocycles. The minimum Gasteiger partial charge on any atom is -0.350 e. The van der Waals surface area contributed by atoms with Crippen LogP contribution in [0.1, 0.15) is 23.7 Å². The van der Waals surface area contributed by atoms with Crippen LogP contribution < -0.4 is 10.6 Å². The largest absolute Gasteiger partial charge is 0.350 e. The molecule has 0 bridgehead atoms. The van der Waals surface area contributed by atoms with E-state index in [1.54, 1.807) is 42.6 Å². The van der Waals surface area contributed by atoms with Gasteiger partial charge in [-0.1, -0.05) is 36.4 Å². The Kier molecular flexibility index (Phi) is 5.81. The Bertz CT molecular complexity index is 1220. The van der Waals surface area contributed by atoms with Crippen molar-refractivity contribution in [1.82, 2.24) is 9.88 Å². The van der Waals surface area contributed by atoms with Gasteiger partial charge in [0.15, 0.2) is 0 Å². The summed E-state index contributed by atoms with van der Waals surface area (Å²) in [6.45, 7) is 3.43. The highest BCUT2D eigenvalue weighted by Gasteiger charge is 2.39. The molecule has 2 heterocycles. The van der Waals surface area contributed by atoms with Crippen molar-refractivity contribution >= 4 is 34.7 Å². The van der Waals surface area contributed by atoms with Crippen LogP contribution in [-0.2, 0) is 20.9 Å². The van der Waals surface area contributed by atoms with Crippen LogP contribution in [-0.4, -0.2) is 27.6 Å². The van der Waals surface area contributed by atoms with Gasteiger partial charge in [-0.25, -0.2) is 0 Å². The van der Waals surface area contributed by atoms with Crippen LogP contribution in [0.3, 0.4) is 0 Å². The molecule has 0 saturated carbocycles. The lowest BCUT2D eigenvalue weighted by Crippen LogP contribution is -2.32. The lowest BCUT2D eigenvalue weighted by molar-refractivity contribution is -0.137. The number of rotatable bonds is 6. The molecule has 0 unspecified atom stereocenters. The molecule has 160 valence electrons. The second-order valence-corrected chi connectivity index (χ2v) is 7.47. The van der Waals surface area contributed by atoms with Crippen molar-refractivity contribution in [3.05, 3.63) is 95.4 Å². The molecule has 1 aromatic heterocycles. The molecule has 7 heteroatoms. The average molecular weight is 426 g/mol. The second-order valence-electron chi connectivity index (χ2n) is 7.47. The van der Waals surface area contributed by atoms with Gasteiger partial charge < -0.3 is 10.6 Å². The molecule has 1 aliphatic heterocycles. The van der Waals surface area contributed by atoms with Crippen molar-refractivity contribution in [2.45, 2.75) is 20.4 Å². The molecule has 0 spiro atoms. The lowest BCUT2D eigenvalue weighted by atomic mass is 10.0. The first-order valence-electron chi connectivity index (χ1n) is 10.1. The first-order chi connectivity index (χ1) is 15.4. The predicted molar refractivity (Wildman–Crippen MR) is 122 cm³/mol. The summed E-state index contributed by atoms with van der Waals surface area (Å²) >= 11 is 0. The number of imide groups is 1. The number of para-hydroxylation sites is 1. The first-order valence-corrected chi connectivity index (χ1v) is 10.1. The summed E-state index contributed by atoms with van der Waals surface area (Å²) in [6, 6.07) is 19.8. The van der Waals surface area contributed by atoms with E-state index in [9.17, 15) is 14.4 Å². The minimum atomic E-state index is -0.412. The number of amides is 3. The van der Waals surface area contributed by atoms with Crippen molar-refractivity contribution in [2.75, 3.05) is 10.6 Å². The maximum atomic E-state index is 13.4. The molecule has 0 aliphatic carbocycles. The van der Waals surface area contributed by atoms with Crippen LogP contribution in [0.5, 0.6) is 0 Å². The highest BCUT2D eigenvalue weighted by molar-refractivity contribution is 6.36. The molecular formula is C25H22N4O3. The number of carbonyl (C=O) groups excluding carboxylic acids is 3. The molecular weight excluding hydrogens is 404 g/mol. The zero-order valence-electron chi connectivity index (χ0n) is 17.8. The van der Waals surface area contributed by atoms with Gasteiger partial charge in [0.25, 0.3) is 11.8 Å². The number of aromatic nitrogens is 1. The molecule has 0 radical (unpaired) electrons. The molecule has 0 atom stereocenters. The van der Waals surface area contributed by atoms with Gasteiger partial charge in [-0.05, 0) is 48.4 Å². The smallest absolute Gasteiger partial charge is 0.278 e. The van der Waals surface area contributed by atoms with Crippen molar-refractivity contribution in [2.24, 2.45) is 0 Å². The monoisotopic (exact) mass is 426 g/mol. The van der Waals surface area contributed by atoms with E-state index in [4.69, 9.17) is 0 Å². The molecule has 3 aromatic rings. The topological polar surface area (TPSA) is 91.4 Å². The van der Waals surface area contributed by atoms with Crippen LogP contribution in [0.25, 0.3) is 5.57 Å². The van der Waals surface area contributed by atoms with Gasteiger partial charge in [0.05, 0.1) is 17.8 Å². The number of anilines is 2. The Morgan fingerprint density at radius 3 is 2.31 bits per heavy atom. The van der Waals surface area contributed by atoms with E-state index in [0.717, 1.165) is 11.3 Å². The highest BCUT2D eigenvalue weighted by Crippen LogP contribution is 2.32. The number of pyridine rings is 1. The SMILES string of the molecule is CC(=O)Nc1ccc(C2=C(Nc3ccccc3C)C(=O)N(Cc3ccccn3)C2=O)cc1. The van der Waals surface area contributed by atoms with E-state index in [2.05, 4.69) is 15.6 Å². The normalized spacial score (nSPS) is 13.5. The van der Waals surface area contributed by atoms with E-state index in [0.29, 0.717) is 16.9 Å². The zero-order valence-corrected chi connectivity index (χ0v) is 17.8. The van der Waals surface area contributed by atoms with Crippen LogP contribution >= 0.6 is 0 Å². The fourth-order valence-corrected chi connectivity index (χ4v) is 3.53. The molecule has 1 aliphatic rings. The Labute approximate surface area is 185 Å². The number of nitrogens with zero attached hydrogens (tertiary/aromatic N) is 2. The summed E-state index contributed by atoms with van der Waals surface area (Å²) < 4.78 is 0. The lowest BCUT2D eigenvalue weighted by Gasteiger charge is -2.15. The number of hydrogen-bond donors (Lipinski definition) is 2. The Hall–Kier alpha value is -4.26. The Morgan fingerprint density at radius 2 is 1.66 bits per heavy atom. The second kappa shape index (κ2) is 8.85. The van der Waals surface area contributed by atoms with Gasteiger partial charge >= 0.3 is 0 Å². The molecule has 2 aromatic carbocycles. The van der Waals surface area contributed by atoms with Crippen molar-refractivity contribution in [1.29, 1.82) is 0 Å². The van der Waals surface area contributed by atoms with Gasteiger partial charge in [-0.2, -0.15) is 0 Å². The van der Waals surface area contributed by atoms with Crippen LogP contribution in [0.4, 0.5) is 11.4 Å². The van der Waals surface area contributed by atoms with Crippen molar-refractivity contribution < 1.29 is 14.4 Å². The molecule has 32 heavy (non-hydrogen) atoms. The fourth-order valence-electron chi connectivity index (χ4n) is 3.53. The number of benzene rings is 2. The van der Waals surface area contributed by atoms with E-state index in [1.807, 2.05) is 37.3 Å². The number of hydrogen-bond acceptors (Lipinski definition) is 5. The van der Waals surface area contributed by atoms with Crippen LogP contribution in [0.2, 0.25) is 0 Å². The number of nitrogens with one attached hydrogen (secondary N) is 2. The van der Waals surface area contributed by atoms with E-state index in [-0.39, 0.29) is 23.7 Å². The Morgan fingerprint density at radius 1 is 0.938 bits per heavy atom. The standard InChI is InChI=1S/C25H22N4O3/c1-16-7-3-4-9-21(16)28-23-22(18-10-12-19(13-11-18)27-17(2)30)24(31)29(25(23)32)15-20-8-5-6-14-26-20/h3-14,28H,15H2,1-2H3,(H,27,30). The minimum absolute atomic E-state index is 0.0743. The molecule has 3 amide bonds. The van der Waals surface area contributed by atoms with Gasteiger partial charge in [-0.15, -0.1) is 0 Å². The predicted octanol–water partition coefficient (Wildman–Crippen LogP) is 3.74. The number of aryl methyl sites for hydroxylation is 1. The van der Waals surface area contributed by atoms with Gasteiger partial charge in [0, 0.05) is 24.5 Å². The molecule has 0 fully saturated rings. The third-order valence-corrected chi connectivity index (χ3v) is 5.11. The van der Waals surface area contributed by atoms with Gasteiger partial charge in [0.2, 0.25) is 5.91 Å². The number of carbonyl (C=O) groups is 3. The van der Waals surface area contributed by atoms with E-state index in [1.165, 1.54) is 11.8 Å². The average Bonchev–Trinajstić information content (AvgIpc) is 3.00. The first kappa shape index (κ1) is 21.0. The third-order valence-electron chi connectivity index (χ3n) is 5.11. The fraction of sp³-hybridized carbons (Fsp3) is 0.120. The summed E-state index contributed by atoms with van der Waals surface area (Å²) in [4.78, 5) is 43.5. The van der Waals surface area contributed by atoms with E-state index < -0.39 is 11.8 Å². The van der Waals surface area contributed by atoms with Crippen LogP contribution in [0, 0.1) is 6.92 Å². The van der Waals surface area contributed by atoms with Gasteiger partial charge in [-0.3, -0.25) is 24.3 Å². The quantitative estimate of drug-likeness (QED) is 0.586. The molecule has 2 N–H and O–H groups in total.